The maximum atomic E-state index is 13.5. The van der Waals surface area contributed by atoms with Crippen LogP contribution in [0.25, 0.3) is 5.65 Å². The lowest BCUT2D eigenvalue weighted by atomic mass is 9.89. The highest BCUT2D eigenvalue weighted by Gasteiger charge is 2.29. The summed E-state index contributed by atoms with van der Waals surface area (Å²) in [5.74, 6) is -0.186. The molecule has 1 aliphatic heterocycles. The number of aromatic amines is 1. The summed E-state index contributed by atoms with van der Waals surface area (Å²) < 4.78 is 14.9. The van der Waals surface area contributed by atoms with Crippen molar-refractivity contribution in [2.24, 2.45) is 0 Å². The molecule has 0 fully saturated rings. The number of aromatic nitrogens is 3. The Morgan fingerprint density at radius 3 is 2.96 bits per heavy atom. The second-order valence-electron chi connectivity index (χ2n) is 6.49. The SMILES string of the molecule is CC1Cc2cc(F)ccc2C(C)N1Cc1cc(=O)n2[nH]ccc2n1. The van der Waals surface area contributed by atoms with Gasteiger partial charge in [0.15, 0.2) is 5.65 Å². The molecule has 3 aromatic rings. The molecule has 1 aliphatic rings. The number of H-pyrrole nitrogens is 1. The lowest BCUT2D eigenvalue weighted by molar-refractivity contribution is 0.127. The molecule has 0 radical (unpaired) electrons. The van der Waals surface area contributed by atoms with Crippen LogP contribution in [0.4, 0.5) is 4.39 Å². The molecule has 5 nitrogen and oxygen atoms in total. The fourth-order valence-electron chi connectivity index (χ4n) is 3.69. The summed E-state index contributed by atoms with van der Waals surface area (Å²) in [6.07, 6.45) is 2.49. The molecule has 0 bridgehead atoms. The molecule has 124 valence electrons. The Kier molecular flexibility index (Phi) is 3.49. The van der Waals surface area contributed by atoms with Gasteiger partial charge in [-0.15, -0.1) is 0 Å². The number of halogens is 1. The largest absolute Gasteiger partial charge is 0.297 e. The summed E-state index contributed by atoms with van der Waals surface area (Å²) in [6.45, 7) is 4.84. The highest BCUT2D eigenvalue weighted by molar-refractivity contribution is 5.37. The highest BCUT2D eigenvalue weighted by Crippen LogP contribution is 2.34. The van der Waals surface area contributed by atoms with Gasteiger partial charge in [-0.1, -0.05) is 6.07 Å². The van der Waals surface area contributed by atoms with Gasteiger partial charge in [0.2, 0.25) is 0 Å². The molecule has 1 N–H and O–H groups in total. The van der Waals surface area contributed by atoms with Gasteiger partial charge >= 0.3 is 0 Å². The van der Waals surface area contributed by atoms with E-state index in [2.05, 4.69) is 28.8 Å². The summed E-state index contributed by atoms with van der Waals surface area (Å²) in [4.78, 5) is 19.0. The van der Waals surface area contributed by atoms with Crippen molar-refractivity contribution in [3.8, 4) is 0 Å². The van der Waals surface area contributed by atoms with Gasteiger partial charge < -0.3 is 0 Å². The second kappa shape index (κ2) is 5.56. The zero-order valence-electron chi connectivity index (χ0n) is 13.7. The molecule has 24 heavy (non-hydrogen) atoms. The lowest BCUT2D eigenvalue weighted by Gasteiger charge is -2.40. The maximum Gasteiger partial charge on any atom is 0.272 e. The van der Waals surface area contributed by atoms with E-state index < -0.39 is 0 Å². The molecular weight excluding hydrogens is 307 g/mol. The Morgan fingerprint density at radius 2 is 2.12 bits per heavy atom. The van der Waals surface area contributed by atoms with E-state index in [1.54, 1.807) is 24.4 Å². The van der Waals surface area contributed by atoms with Crippen LogP contribution in [0.15, 0.2) is 41.3 Å². The highest BCUT2D eigenvalue weighted by atomic mass is 19.1. The van der Waals surface area contributed by atoms with Gasteiger partial charge in [-0.25, -0.2) is 13.9 Å². The van der Waals surface area contributed by atoms with Crippen molar-refractivity contribution in [2.45, 2.75) is 38.9 Å². The maximum absolute atomic E-state index is 13.5. The van der Waals surface area contributed by atoms with Crippen LogP contribution in [0, 0.1) is 5.82 Å². The number of benzene rings is 1. The van der Waals surface area contributed by atoms with Gasteiger partial charge in [0.25, 0.3) is 5.56 Å². The minimum Gasteiger partial charge on any atom is -0.297 e. The van der Waals surface area contributed by atoms with E-state index >= 15 is 0 Å². The van der Waals surface area contributed by atoms with E-state index in [1.165, 1.54) is 10.6 Å². The van der Waals surface area contributed by atoms with Crippen LogP contribution >= 0.6 is 0 Å². The standard InChI is InChI=1S/C18H19FN4O/c1-11-7-13-8-14(19)3-4-16(13)12(2)22(11)10-15-9-18(24)23-17(21-15)5-6-20-23/h3-6,8-9,11-12,20H,7,10H2,1-2H3. The third kappa shape index (κ3) is 2.43. The topological polar surface area (TPSA) is 53.4 Å². The molecule has 0 saturated heterocycles. The summed E-state index contributed by atoms with van der Waals surface area (Å²) >= 11 is 0. The van der Waals surface area contributed by atoms with Gasteiger partial charge in [0, 0.05) is 37.0 Å². The normalized spacial score (nSPS) is 21.1. The van der Waals surface area contributed by atoms with Crippen LogP contribution in [-0.4, -0.2) is 25.5 Å². The molecule has 6 heteroatoms. The van der Waals surface area contributed by atoms with Gasteiger partial charge in [0.05, 0.1) is 5.69 Å². The molecule has 2 atom stereocenters. The zero-order valence-corrected chi connectivity index (χ0v) is 13.7. The van der Waals surface area contributed by atoms with Gasteiger partial charge in [-0.05, 0) is 43.5 Å². The lowest BCUT2D eigenvalue weighted by Crippen LogP contribution is -2.41. The van der Waals surface area contributed by atoms with Gasteiger partial charge in [-0.3, -0.25) is 14.8 Å². The number of hydrogen-bond acceptors (Lipinski definition) is 3. The average molecular weight is 326 g/mol. The van der Waals surface area contributed by atoms with E-state index in [0.29, 0.717) is 12.2 Å². The van der Waals surface area contributed by atoms with Crippen molar-refractivity contribution in [1.82, 2.24) is 19.5 Å². The molecular formula is C18H19FN4O. The minimum atomic E-state index is -0.186. The van der Waals surface area contributed by atoms with E-state index in [4.69, 9.17) is 0 Å². The molecule has 0 aliphatic carbocycles. The molecule has 4 rings (SSSR count). The van der Waals surface area contributed by atoms with Crippen LogP contribution in [0.3, 0.4) is 0 Å². The summed E-state index contributed by atoms with van der Waals surface area (Å²) in [7, 11) is 0. The van der Waals surface area contributed by atoms with E-state index in [1.807, 2.05) is 6.07 Å². The van der Waals surface area contributed by atoms with Crippen LogP contribution in [0.2, 0.25) is 0 Å². The van der Waals surface area contributed by atoms with Crippen LogP contribution in [0.1, 0.15) is 36.7 Å². The molecule has 2 aromatic heterocycles. The number of rotatable bonds is 2. The second-order valence-corrected chi connectivity index (χ2v) is 6.49. The molecule has 3 heterocycles. The van der Waals surface area contributed by atoms with Crippen molar-refractivity contribution in [1.29, 1.82) is 0 Å². The third-order valence-electron chi connectivity index (χ3n) is 4.91. The molecule has 2 unspecified atom stereocenters. The Balaban J connectivity index is 1.68. The van der Waals surface area contributed by atoms with Crippen LogP contribution in [0.5, 0.6) is 0 Å². The number of hydrogen-bond donors (Lipinski definition) is 1. The van der Waals surface area contributed by atoms with Gasteiger partial charge in [-0.2, -0.15) is 0 Å². The first-order valence-electron chi connectivity index (χ1n) is 8.13. The molecule has 0 amide bonds. The van der Waals surface area contributed by atoms with Crippen molar-refractivity contribution in [3.63, 3.8) is 0 Å². The van der Waals surface area contributed by atoms with E-state index in [0.717, 1.165) is 23.2 Å². The van der Waals surface area contributed by atoms with E-state index in [-0.39, 0.29) is 23.5 Å². The monoisotopic (exact) mass is 326 g/mol. The van der Waals surface area contributed by atoms with Crippen LogP contribution < -0.4 is 5.56 Å². The fraction of sp³-hybridized carbons (Fsp3) is 0.333. The Morgan fingerprint density at radius 1 is 1.29 bits per heavy atom. The smallest absolute Gasteiger partial charge is 0.272 e. The van der Waals surface area contributed by atoms with Crippen molar-refractivity contribution < 1.29 is 4.39 Å². The Labute approximate surface area is 138 Å². The average Bonchev–Trinajstić information content (AvgIpc) is 3.00. The first-order chi connectivity index (χ1) is 11.5. The van der Waals surface area contributed by atoms with Gasteiger partial charge in [0.1, 0.15) is 5.82 Å². The van der Waals surface area contributed by atoms with Crippen molar-refractivity contribution in [2.75, 3.05) is 0 Å². The quantitative estimate of drug-likeness (QED) is 0.788. The number of fused-ring (bicyclic) bond motifs is 2. The Bertz CT molecular complexity index is 961. The first kappa shape index (κ1) is 15.1. The number of nitrogens with zero attached hydrogens (tertiary/aromatic N) is 3. The molecule has 1 aromatic carbocycles. The summed E-state index contributed by atoms with van der Waals surface area (Å²) in [6, 6.07) is 8.77. The van der Waals surface area contributed by atoms with E-state index in [9.17, 15) is 9.18 Å². The third-order valence-corrected chi connectivity index (χ3v) is 4.91. The fourth-order valence-corrected chi connectivity index (χ4v) is 3.69. The predicted octanol–water partition coefficient (Wildman–Crippen LogP) is 2.67. The summed E-state index contributed by atoms with van der Waals surface area (Å²) in [5, 5.41) is 2.85. The molecule has 0 spiro atoms. The zero-order chi connectivity index (χ0) is 16.8. The number of nitrogens with one attached hydrogen (secondary N) is 1. The summed E-state index contributed by atoms with van der Waals surface area (Å²) in [5.41, 5.74) is 3.48. The Hall–Kier alpha value is -2.47. The van der Waals surface area contributed by atoms with Crippen molar-refractivity contribution in [3.05, 3.63) is 69.5 Å². The van der Waals surface area contributed by atoms with Crippen LogP contribution in [-0.2, 0) is 13.0 Å². The predicted molar refractivity (Wildman–Crippen MR) is 89.3 cm³/mol. The molecule has 0 saturated carbocycles. The minimum absolute atomic E-state index is 0.111. The first-order valence-corrected chi connectivity index (χ1v) is 8.13. The van der Waals surface area contributed by atoms with Crippen molar-refractivity contribution >= 4 is 5.65 Å².